The third-order valence-electron chi connectivity index (χ3n) is 4.82. The first-order chi connectivity index (χ1) is 15.8. The lowest BCUT2D eigenvalue weighted by Gasteiger charge is -2.27. The van der Waals surface area contributed by atoms with Crippen LogP contribution in [0.15, 0.2) is 0 Å². The molecule has 0 aliphatic rings. The molecule has 10 N–H and O–H groups in total. The molecule has 0 aromatic rings. The molecule has 0 bridgehead atoms. The Morgan fingerprint density at radius 3 is 1.79 bits per heavy atom. The molecule has 4 unspecified atom stereocenters. The summed E-state index contributed by atoms with van der Waals surface area (Å²) in [6, 6.07) is -4.55. The first-order valence-corrected chi connectivity index (χ1v) is 12.1. The highest BCUT2D eigenvalue weighted by Gasteiger charge is 2.31. The number of carboxylic acids is 1. The SMILES string of the molecule is CSCCC(NC(=O)C(NC(=O)C(N)CCC(N)=O)C(C)C)C(=O)NC(CCC(N)=O)C(=O)O. The Bertz CT molecular complexity index is 749. The fourth-order valence-corrected chi connectivity index (χ4v) is 3.28. The molecule has 0 saturated carbocycles. The van der Waals surface area contributed by atoms with Gasteiger partial charge in [-0.05, 0) is 37.2 Å². The summed E-state index contributed by atoms with van der Waals surface area (Å²) in [5.41, 5.74) is 15.9. The third-order valence-corrected chi connectivity index (χ3v) is 5.47. The van der Waals surface area contributed by atoms with Gasteiger partial charge < -0.3 is 38.3 Å². The quantitative estimate of drug-likeness (QED) is 0.113. The van der Waals surface area contributed by atoms with Gasteiger partial charge in [0.1, 0.15) is 18.1 Å². The van der Waals surface area contributed by atoms with Crippen molar-refractivity contribution >= 4 is 47.3 Å². The van der Waals surface area contributed by atoms with Crippen LogP contribution in [-0.4, -0.2) is 76.8 Å². The monoisotopic (exact) mass is 504 g/mol. The molecule has 0 aromatic carbocycles. The van der Waals surface area contributed by atoms with Crippen LogP contribution in [0.5, 0.6) is 0 Å². The topological polar surface area (TPSA) is 237 Å². The van der Waals surface area contributed by atoms with Crippen molar-refractivity contribution in [2.75, 3.05) is 12.0 Å². The number of amides is 5. The van der Waals surface area contributed by atoms with Crippen molar-refractivity contribution < 1.29 is 33.9 Å². The summed E-state index contributed by atoms with van der Waals surface area (Å²) in [4.78, 5) is 71.3. The second-order valence-electron chi connectivity index (χ2n) is 8.09. The maximum Gasteiger partial charge on any atom is 0.326 e. The molecular formula is C20H36N6O7S. The first-order valence-electron chi connectivity index (χ1n) is 10.7. The Kier molecular flexibility index (Phi) is 14.5. The molecule has 0 rings (SSSR count). The van der Waals surface area contributed by atoms with Crippen molar-refractivity contribution in [3.8, 4) is 0 Å². The fraction of sp³-hybridized carbons (Fsp3) is 0.700. The Labute approximate surface area is 202 Å². The number of nitrogens with two attached hydrogens (primary N) is 3. The second kappa shape index (κ2) is 15.9. The van der Waals surface area contributed by atoms with Crippen LogP contribution in [0.1, 0.15) is 46.0 Å². The first kappa shape index (κ1) is 31.1. The number of carbonyl (C=O) groups excluding carboxylic acids is 5. The highest BCUT2D eigenvalue weighted by atomic mass is 32.2. The lowest BCUT2D eigenvalue weighted by molar-refractivity contribution is -0.142. The summed E-state index contributed by atoms with van der Waals surface area (Å²) in [6.45, 7) is 3.36. The number of carboxylic acid groups (broad SMARTS) is 1. The van der Waals surface area contributed by atoms with Gasteiger partial charge in [-0.15, -0.1) is 0 Å². The fourth-order valence-electron chi connectivity index (χ4n) is 2.81. The minimum atomic E-state index is -1.36. The highest BCUT2D eigenvalue weighted by Crippen LogP contribution is 2.08. The van der Waals surface area contributed by atoms with E-state index in [1.54, 1.807) is 20.1 Å². The van der Waals surface area contributed by atoms with Crippen molar-refractivity contribution in [1.29, 1.82) is 0 Å². The molecule has 0 radical (unpaired) electrons. The molecule has 5 amide bonds. The third kappa shape index (κ3) is 12.4. The number of rotatable bonds is 17. The van der Waals surface area contributed by atoms with Crippen LogP contribution in [0.2, 0.25) is 0 Å². The van der Waals surface area contributed by atoms with Gasteiger partial charge in [0.2, 0.25) is 29.5 Å². The van der Waals surface area contributed by atoms with Gasteiger partial charge in [-0.3, -0.25) is 24.0 Å². The lowest BCUT2D eigenvalue weighted by atomic mass is 10.0. The van der Waals surface area contributed by atoms with Crippen LogP contribution >= 0.6 is 11.8 Å². The number of nitrogens with one attached hydrogen (secondary N) is 3. The minimum absolute atomic E-state index is 0.00817. The summed E-state index contributed by atoms with van der Waals surface area (Å²) >= 11 is 1.42. The predicted molar refractivity (Wildman–Crippen MR) is 126 cm³/mol. The molecule has 0 fully saturated rings. The van der Waals surface area contributed by atoms with Crippen LogP contribution in [-0.2, 0) is 28.8 Å². The van der Waals surface area contributed by atoms with Gasteiger partial charge in [-0.2, -0.15) is 11.8 Å². The van der Waals surface area contributed by atoms with E-state index < -0.39 is 59.7 Å². The Balaban J connectivity index is 5.36. The lowest BCUT2D eigenvalue weighted by Crippen LogP contribution is -2.58. The highest BCUT2D eigenvalue weighted by molar-refractivity contribution is 7.98. The number of primary amides is 2. The van der Waals surface area contributed by atoms with Crippen LogP contribution < -0.4 is 33.2 Å². The number of hydrogen-bond acceptors (Lipinski definition) is 8. The summed E-state index contributed by atoms with van der Waals surface area (Å²) < 4.78 is 0. The molecule has 14 heteroatoms. The predicted octanol–water partition coefficient (Wildman–Crippen LogP) is -2.21. The van der Waals surface area contributed by atoms with E-state index in [0.29, 0.717) is 5.75 Å². The van der Waals surface area contributed by atoms with Crippen molar-refractivity contribution in [1.82, 2.24) is 16.0 Å². The zero-order chi connectivity index (χ0) is 26.4. The molecule has 13 nitrogen and oxygen atoms in total. The molecule has 0 saturated heterocycles. The summed E-state index contributed by atoms with van der Waals surface area (Å²) in [7, 11) is 0. The summed E-state index contributed by atoms with van der Waals surface area (Å²) in [6.07, 6.45) is 1.47. The largest absolute Gasteiger partial charge is 0.480 e. The van der Waals surface area contributed by atoms with E-state index in [9.17, 15) is 33.9 Å². The summed E-state index contributed by atoms with van der Waals surface area (Å²) in [5, 5.41) is 16.7. The molecule has 0 aliphatic carbocycles. The molecular weight excluding hydrogens is 468 g/mol. The molecule has 0 aliphatic heterocycles. The molecule has 0 heterocycles. The standard InChI is InChI=1S/C20H36N6O7S/c1-10(2)16(26-17(29)11(21)4-6-14(22)27)19(31)24-12(8-9-34-3)18(30)25-13(20(32)33)5-7-15(23)28/h10-13,16H,4-9,21H2,1-3H3,(H2,22,27)(H2,23,28)(H,24,31)(H,25,30)(H,26,29)(H,32,33). The van der Waals surface area contributed by atoms with Gasteiger partial charge in [0.05, 0.1) is 6.04 Å². The van der Waals surface area contributed by atoms with Crippen LogP contribution in [0.25, 0.3) is 0 Å². The van der Waals surface area contributed by atoms with Gasteiger partial charge >= 0.3 is 5.97 Å². The maximum absolute atomic E-state index is 12.9. The van der Waals surface area contributed by atoms with Gasteiger partial charge in [-0.25, -0.2) is 4.79 Å². The van der Waals surface area contributed by atoms with Gasteiger partial charge in [0.25, 0.3) is 0 Å². The van der Waals surface area contributed by atoms with Gasteiger partial charge in [0.15, 0.2) is 0 Å². The Hall–Kier alpha value is -2.87. The average Bonchev–Trinajstić information content (AvgIpc) is 2.74. The van der Waals surface area contributed by atoms with Gasteiger partial charge in [-0.1, -0.05) is 13.8 Å². The second-order valence-corrected chi connectivity index (χ2v) is 9.07. The molecule has 34 heavy (non-hydrogen) atoms. The maximum atomic E-state index is 12.9. The number of thioether (sulfide) groups is 1. The minimum Gasteiger partial charge on any atom is -0.480 e. The van der Waals surface area contributed by atoms with Crippen molar-refractivity contribution in [2.45, 2.75) is 70.1 Å². The van der Waals surface area contributed by atoms with E-state index in [0.717, 1.165) is 0 Å². The summed E-state index contributed by atoms with van der Waals surface area (Å²) in [5.74, 6) is -4.62. The zero-order valence-corrected chi connectivity index (χ0v) is 20.5. The van der Waals surface area contributed by atoms with Crippen molar-refractivity contribution in [2.24, 2.45) is 23.1 Å². The van der Waals surface area contributed by atoms with E-state index in [1.165, 1.54) is 11.8 Å². The van der Waals surface area contributed by atoms with Gasteiger partial charge in [0, 0.05) is 12.8 Å². The Morgan fingerprint density at radius 1 is 0.794 bits per heavy atom. The van der Waals surface area contributed by atoms with E-state index in [1.807, 2.05) is 0 Å². The number of hydrogen-bond donors (Lipinski definition) is 7. The van der Waals surface area contributed by atoms with E-state index in [4.69, 9.17) is 17.2 Å². The number of aliphatic carboxylic acids is 1. The molecule has 0 aromatic heterocycles. The average molecular weight is 505 g/mol. The van der Waals surface area contributed by atoms with Crippen molar-refractivity contribution in [3.05, 3.63) is 0 Å². The normalized spacial score (nSPS) is 14.4. The number of carbonyl (C=O) groups is 6. The molecule has 194 valence electrons. The van der Waals surface area contributed by atoms with E-state index in [-0.39, 0.29) is 38.0 Å². The Morgan fingerprint density at radius 2 is 1.32 bits per heavy atom. The van der Waals surface area contributed by atoms with Crippen molar-refractivity contribution in [3.63, 3.8) is 0 Å². The van der Waals surface area contributed by atoms with Crippen LogP contribution in [0.3, 0.4) is 0 Å². The molecule has 4 atom stereocenters. The van der Waals surface area contributed by atoms with Crippen LogP contribution in [0, 0.1) is 5.92 Å². The van der Waals surface area contributed by atoms with E-state index >= 15 is 0 Å². The smallest absolute Gasteiger partial charge is 0.326 e. The van der Waals surface area contributed by atoms with Crippen LogP contribution in [0.4, 0.5) is 0 Å². The molecule has 0 spiro atoms. The van der Waals surface area contributed by atoms with E-state index in [2.05, 4.69) is 16.0 Å². The zero-order valence-electron chi connectivity index (χ0n) is 19.7.